The second kappa shape index (κ2) is 6.65. The number of nitrogens with zero attached hydrogens (tertiary/aromatic N) is 1. The average Bonchev–Trinajstić information content (AvgIpc) is 2.54. The largest absolute Gasteiger partial charge is 0.497 e. The molecule has 0 aliphatic heterocycles. The standard InChI is InChI=1S/C15H15N3O5/c1-22-11-6-10(7-12(8-11)23-2)17-15(19)9-3-4-13(16)14(5-9)18(20)21/h3-8H,16H2,1-2H3,(H,17,19). The van der Waals surface area contributed by atoms with Crippen LogP contribution in [0.25, 0.3) is 0 Å². The highest BCUT2D eigenvalue weighted by atomic mass is 16.6. The van der Waals surface area contributed by atoms with Crippen molar-refractivity contribution in [3.05, 3.63) is 52.1 Å². The highest BCUT2D eigenvalue weighted by Crippen LogP contribution is 2.27. The van der Waals surface area contributed by atoms with Gasteiger partial charge in [-0.25, -0.2) is 0 Å². The van der Waals surface area contributed by atoms with Crippen molar-refractivity contribution >= 4 is 23.0 Å². The highest BCUT2D eigenvalue weighted by molar-refractivity contribution is 6.05. The number of anilines is 2. The number of hydrogen-bond donors (Lipinski definition) is 2. The molecular formula is C15H15N3O5. The van der Waals surface area contributed by atoms with Gasteiger partial charge in [0.05, 0.1) is 19.1 Å². The van der Waals surface area contributed by atoms with Crippen LogP contribution in [0.1, 0.15) is 10.4 Å². The van der Waals surface area contributed by atoms with Crippen LogP contribution in [0.15, 0.2) is 36.4 Å². The molecule has 1 amide bonds. The van der Waals surface area contributed by atoms with Crippen LogP contribution in [-0.2, 0) is 0 Å². The van der Waals surface area contributed by atoms with E-state index in [1.54, 1.807) is 18.2 Å². The minimum Gasteiger partial charge on any atom is -0.497 e. The number of carbonyl (C=O) groups excluding carboxylic acids is 1. The quantitative estimate of drug-likeness (QED) is 0.497. The number of methoxy groups -OCH3 is 2. The highest BCUT2D eigenvalue weighted by Gasteiger charge is 2.16. The van der Waals surface area contributed by atoms with E-state index in [-0.39, 0.29) is 16.9 Å². The Balaban J connectivity index is 2.29. The molecule has 0 fully saturated rings. The molecular weight excluding hydrogens is 302 g/mol. The van der Waals surface area contributed by atoms with Crippen LogP contribution in [0.3, 0.4) is 0 Å². The summed E-state index contributed by atoms with van der Waals surface area (Å²) in [6.07, 6.45) is 0. The lowest BCUT2D eigenvalue weighted by atomic mass is 10.1. The van der Waals surface area contributed by atoms with Crippen LogP contribution in [0.4, 0.5) is 17.1 Å². The zero-order valence-corrected chi connectivity index (χ0v) is 12.5. The predicted octanol–water partition coefficient (Wildman–Crippen LogP) is 2.45. The summed E-state index contributed by atoms with van der Waals surface area (Å²) in [6.45, 7) is 0. The molecule has 0 atom stereocenters. The van der Waals surface area contributed by atoms with Gasteiger partial charge in [0.2, 0.25) is 0 Å². The molecule has 2 aromatic rings. The first kappa shape index (κ1) is 16.1. The molecule has 120 valence electrons. The molecule has 2 aromatic carbocycles. The first-order valence-electron chi connectivity index (χ1n) is 6.53. The van der Waals surface area contributed by atoms with Crippen molar-refractivity contribution in [3.63, 3.8) is 0 Å². The van der Waals surface area contributed by atoms with Crippen LogP contribution < -0.4 is 20.5 Å². The van der Waals surface area contributed by atoms with Crippen molar-refractivity contribution in [1.82, 2.24) is 0 Å². The van der Waals surface area contributed by atoms with E-state index in [9.17, 15) is 14.9 Å². The third kappa shape index (κ3) is 3.67. The number of benzene rings is 2. The van der Waals surface area contributed by atoms with E-state index in [2.05, 4.69) is 5.32 Å². The Hall–Kier alpha value is -3.29. The number of hydrogen-bond acceptors (Lipinski definition) is 6. The number of nitrogen functional groups attached to an aromatic ring is 1. The molecule has 8 nitrogen and oxygen atoms in total. The van der Waals surface area contributed by atoms with E-state index in [0.717, 1.165) is 6.07 Å². The number of nitro benzene ring substituents is 1. The topological polar surface area (TPSA) is 117 Å². The number of carbonyl (C=O) groups is 1. The molecule has 0 aliphatic carbocycles. The van der Waals surface area contributed by atoms with E-state index in [1.807, 2.05) is 0 Å². The second-order valence-electron chi connectivity index (χ2n) is 4.59. The molecule has 3 N–H and O–H groups in total. The van der Waals surface area contributed by atoms with Crippen molar-refractivity contribution < 1.29 is 19.2 Å². The van der Waals surface area contributed by atoms with E-state index in [1.165, 1.54) is 26.4 Å². The lowest BCUT2D eigenvalue weighted by molar-refractivity contribution is -0.383. The van der Waals surface area contributed by atoms with Gasteiger partial charge in [0.25, 0.3) is 11.6 Å². The number of rotatable bonds is 5. The smallest absolute Gasteiger partial charge is 0.292 e. The third-order valence-electron chi connectivity index (χ3n) is 3.10. The van der Waals surface area contributed by atoms with E-state index in [0.29, 0.717) is 17.2 Å². The summed E-state index contributed by atoms with van der Waals surface area (Å²) in [7, 11) is 2.98. The first-order chi connectivity index (χ1) is 10.9. The van der Waals surface area contributed by atoms with Crippen LogP contribution in [0.2, 0.25) is 0 Å². The van der Waals surface area contributed by atoms with Gasteiger partial charge in [-0.3, -0.25) is 14.9 Å². The molecule has 0 bridgehead atoms. The van der Waals surface area contributed by atoms with Crippen LogP contribution >= 0.6 is 0 Å². The first-order valence-corrected chi connectivity index (χ1v) is 6.53. The zero-order chi connectivity index (χ0) is 17.0. The van der Waals surface area contributed by atoms with Crippen LogP contribution in [0, 0.1) is 10.1 Å². The summed E-state index contributed by atoms with van der Waals surface area (Å²) in [5, 5.41) is 13.5. The Morgan fingerprint density at radius 2 is 1.74 bits per heavy atom. The Kier molecular flexibility index (Phi) is 4.65. The molecule has 0 unspecified atom stereocenters. The average molecular weight is 317 g/mol. The van der Waals surface area contributed by atoms with Gasteiger partial charge < -0.3 is 20.5 Å². The van der Waals surface area contributed by atoms with Gasteiger partial charge >= 0.3 is 0 Å². The summed E-state index contributed by atoms with van der Waals surface area (Å²) < 4.78 is 10.2. The maximum absolute atomic E-state index is 12.2. The summed E-state index contributed by atoms with van der Waals surface area (Å²) in [6, 6.07) is 8.72. The summed E-state index contributed by atoms with van der Waals surface area (Å²) >= 11 is 0. The maximum atomic E-state index is 12.2. The SMILES string of the molecule is COc1cc(NC(=O)c2ccc(N)c([N+](=O)[O-])c2)cc(OC)c1. The van der Waals surface area contributed by atoms with Gasteiger partial charge in [0.1, 0.15) is 17.2 Å². The fourth-order valence-electron chi connectivity index (χ4n) is 1.93. The monoisotopic (exact) mass is 317 g/mol. The number of nitrogens with two attached hydrogens (primary N) is 1. The van der Waals surface area contributed by atoms with Crippen molar-refractivity contribution in [2.24, 2.45) is 0 Å². The molecule has 0 aliphatic rings. The molecule has 0 saturated carbocycles. The molecule has 0 heterocycles. The molecule has 2 rings (SSSR count). The zero-order valence-electron chi connectivity index (χ0n) is 12.5. The molecule has 0 spiro atoms. The van der Waals surface area contributed by atoms with E-state index in [4.69, 9.17) is 15.2 Å². The predicted molar refractivity (Wildman–Crippen MR) is 85.0 cm³/mol. The van der Waals surface area contributed by atoms with Crippen LogP contribution in [-0.4, -0.2) is 25.1 Å². The number of nitrogens with one attached hydrogen (secondary N) is 1. The number of nitro groups is 1. The van der Waals surface area contributed by atoms with Gasteiger partial charge in [0.15, 0.2) is 0 Å². The van der Waals surface area contributed by atoms with Gasteiger partial charge in [-0.2, -0.15) is 0 Å². The molecule has 8 heteroatoms. The number of ether oxygens (including phenoxy) is 2. The lowest BCUT2D eigenvalue weighted by Gasteiger charge is -2.10. The van der Waals surface area contributed by atoms with Crippen molar-refractivity contribution in [3.8, 4) is 11.5 Å². The fourth-order valence-corrected chi connectivity index (χ4v) is 1.93. The Morgan fingerprint density at radius 1 is 1.13 bits per heavy atom. The van der Waals surface area contributed by atoms with Crippen molar-refractivity contribution in [1.29, 1.82) is 0 Å². The Bertz CT molecular complexity index is 739. The second-order valence-corrected chi connectivity index (χ2v) is 4.59. The minimum absolute atomic E-state index is 0.00500. The minimum atomic E-state index is -0.638. The van der Waals surface area contributed by atoms with E-state index < -0.39 is 10.8 Å². The molecule has 23 heavy (non-hydrogen) atoms. The summed E-state index contributed by atoms with van der Waals surface area (Å²) in [5.41, 5.74) is 5.74. The van der Waals surface area contributed by atoms with Crippen molar-refractivity contribution in [2.75, 3.05) is 25.3 Å². The van der Waals surface area contributed by atoms with E-state index >= 15 is 0 Å². The molecule has 0 aromatic heterocycles. The van der Waals surface area contributed by atoms with Gasteiger partial charge in [-0.05, 0) is 12.1 Å². The van der Waals surface area contributed by atoms with Gasteiger partial charge in [0, 0.05) is 35.5 Å². The van der Waals surface area contributed by atoms with Crippen molar-refractivity contribution in [2.45, 2.75) is 0 Å². The maximum Gasteiger partial charge on any atom is 0.292 e. The molecule has 0 saturated heterocycles. The lowest BCUT2D eigenvalue weighted by Crippen LogP contribution is -2.12. The Labute approximate surface area is 132 Å². The van der Waals surface area contributed by atoms with Crippen LogP contribution in [0.5, 0.6) is 11.5 Å². The van der Waals surface area contributed by atoms with Gasteiger partial charge in [-0.1, -0.05) is 0 Å². The summed E-state index contributed by atoms with van der Waals surface area (Å²) in [4.78, 5) is 22.5. The van der Waals surface area contributed by atoms with Gasteiger partial charge in [-0.15, -0.1) is 0 Å². The Morgan fingerprint density at radius 3 is 2.26 bits per heavy atom. The number of amides is 1. The normalized spacial score (nSPS) is 10.0. The third-order valence-corrected chi connectivity index (χ3v) is 3.10. The molecule has 0 radical (unpaired) electrons. The summed E-state index contributed by atoms with van der Waals surface area (Å²) in [5.74, 6) is 0.495. The fraction of sp³-hybridized carbons (Fsp3) is 0.133.